The highest BCUT2D eigenvalue weighted by Gasteiger charge is 2.54. The number of likely N-dealkylation sites (tertiary alicyclic amines) is 1. The van der Waals surface area contributed by atoms with Crippen molar-refractivity contribution in [3.05, 3.63) is 29.8 Å². The average Bonchev–Trinajstić information content (AvgIpc) is 3.01. The van der Waals surface area contributed by atoms with Gasteiger partial charge in [-0.2, -0.15) is 0 Å². The molecule has 0 unspecified atom stereocenters. The lowest BCUT2D eigenvalue weighted by Gasteiger charge is -2.33. The quantitative estimate of drug-likeness (QED) is 0.815. The second-order valence-corrected chi connectivity index (χ2v) is 8.32. The van der Waals surface area contributed by atoms with Crippen LogP contribution in [0.2, 0.25) is 0 Å². The summed E-state index contributed by atoms with van der Waals surface area (Å²) in [6.45, 7) is 5.99. The van der Waals surface area contributed by atoms with Gasteiger partial charge in [0.05, 0.1) is 17.8 Å². The molecule has 6 heteroatoms. The van der Waals surface area contributed by atoms with Gasteiger partial charge in [0.15, 0.2) is 0 Å². The van der Waals surface area contributed by atoms with Crippen LogP contribution in [-0.4, -0.2) is 53.9 Å². The Balaban J connectivity index is 1.59. The molecule has 0 saturated carbocycles. The number of thioether (sulfide) groups is 1. The molecule has 2 saturated heterocycles. The molecule has 2 heterocycles. The van der Waals surface area contributed by atoms with Crippen molar-refractivity contribution in [2.45, 2.75) is 31.1 Å². The van der Waals surface area contributed by atoms with E-state index < -0.39 is 11.4 Å². The predicted octanol–water partition coefficient (Wildman–Crippen LogP) is 2.85. The number of aliphatic carboxylic acids is 1. The van der Waals surface area contributed by atoms with Crippen molar-refractivity contribution >= 4 is 23.6 Å². The molecule has 1 amide bonds. The molecule has 3 rings (SSSR count). The maximum atomic E-state index is 12.6. The summed E-state index contributed by atoms with van der Waals surface area (Å²) >= 11 is 1.51. The Morgan fingerprint density at radius 3 is 2.68 bits per heavy atom. The van der Waals surface area contributed by atoms with Gasteiger partial charge < -0.3 is 14.7 Å². The molecular formula is C19H25NO4S. The van der Waals surface area contributed by atoms with Crippen molar-refractivity contribution in [3.63, 3.8) is 0 Å². The van der Waals surface area contributed by atoms with Crippen LogP contribution >= 0.6 is 11.8 Å². The van der Waals surface area contributed by atoms with Crippen LogP contribution in [0.25, 0.3) is 0 Å². The Bertz CT molecular complexity index is 645. The molecule has 2 aliphatic rings. The largest absolute Gasteiger partial charge is 0.481 e. The number of carbonyl (C=O) groups excluding carboxylic acids is 1. The summed E-state index contributed by atoms with van der Waals surface area (Å²) in [4.78, 5) is 27.1. The van der Waals surface area contributed by atoms with E-state index in [1.54, 1.807) is 4.90 Å². The van der Waals surface area contributed by atoms with E-state index in [4.69, 9.17) is 4.74 Å². The van der Waals surface area contributed by atoms with E-state index in [1.807, 2.05) is 12.1 Å². The Labute approximate surface area is 152 Å². The van der Waals surface area contributed by atoms with Crippen LogP contribution < -0.4 is 0 Å². The number of carbonyl (C=O) groups is 2. The third kappa shape index (κ3) is 3.70. The molecule has 0 radical (unpaired) electrons. The molecule has 0 bridgehead atoms. The monoisotopic (exact) mass is 363 g/mol. The molecule has 1 aromatic carbocycles. The molecule has 0 aliphatic carbocycles. The number of amides is 1. The van der Waals surface area contributed by atoms with Crippen molar-refractivity contribution in [2.24, 2.45) is 11.3 Å². The molecule has 1 N–H and O–H groups in total. The van der Waals surface area contributed by atoms with Gasteiger partial charge in [0.25, 0.3) is 0 Å². The third-order valence-electron chi connectivity index (χ3n) is 5.39. The highest BCUT2D eigenvalue weighted by molar-refractivity contribution is 8.00. The van der Waals surface area contributed by atoms with E-state index in [-0.39, 0.29) is 11.8 Å². The first-order valence-electron chi connectivity index (χ1n) is 8.74. The van der Waals surface area contributed by atoms with E-state index in [0.717, 1.165) is 4.90 Å². The standard InChI is InChI=1S/C19H25NO4S/c1-13(2)14-3-5-16(6-4-14)25-11-17(21)20-9-15-10-24-8-7-19(15,12-20)18(22)23/h3-6,13,15H,7-12H2,1-2H3,(H,22,23)/t15-,19+/m0/s1. The minimum Gasteiger partial charge on any atom is -0.481 e. The van der Waals surface area contributed by atoms with Gasteiger partial charge in [0.1, 0.15) is 0 Å². The van der Waals surface area contributed by atoms with Gasteiger partial charge in [-0.3, -0.25) is 9.59 Å². The van der Waals surface area contributed by atoms with Crippen molar-refractivity contribution < 1.29 is 19.4 Å². The van der Waals surface area contributed by atoms with Crippen LogP contribution in [0.4, 0.5) is 0 Å². The van der Waals surface area contributed by atoms with E-state index in [9.17, 15) is 14.7 Å². The first-order chi connectivity index (χ1) is 11.9. The number of rotatable bonds is 5. The number of benzene rings is 1. The normalized spacial score (nSPS) is 25.9. The lowest BCUT2D eigenvalue weighted by molar-refractivity contribution is -0.157. The van der Waals surface area contributed by atoms with Crippen LogP contribution in [0.1, 0.15) is 31.7 Å². The van der Waals surface area contributed by atoms with Gasteiger partial charge in [-0.15, -0.1) is 11.8 Å². The van der Waals surface area contributed by atoms with Crippen LogP contribution in [-0.2, 0) is 14.3 Å². The predicted molar refractivity (Wildman–Crippen MR) is 96.8 cm³/mol. The van der Waals surface area contributed by atoms with Gasteiger partial charge in [-0.1, -0.05) is 26.0 Å². The summed E-state index contributed by atoms with van der Waals surface area (Å²) in [6.07, 6.45) is 0.487. The third-order valence-corrected chi connectivity index (χ3v) is 6.39. The number of carboxylic acid groups (broad SMARTS) is 1. The fraction of sp³-hybridized carbons (Fsp3) is 0.579. The van der Waals surface area contributed by atoms with Gasteiger partial charge >= 0.3 is 5.97 Å². The summed E-state index contributed by atoms with van der Waals surface area (Å²) in [5, 5.41) is 9.68. The number of ether oxygens (including phenoxy) is 1. The van der Waals surface area contributed by atoms with Gasteiger partial charge in [0.2, 0.25) is 5.91 Å². The Morgan fingerprint density at radius 2 is 2.08 bits per heavy atom. The molecule has 0 spiro atoms. The van der Waals surface area contributed by atoms with E-state index in [2.05, 4.69) is 26.0 Å². The van der Waals surface area contributed by atoms with Crippen molar-refractivity contribution in [1.29, 1.82) is 0 Å². The number of hydrogen-bond donors (Lipinski definition) is 1. The molecule has 2 fully saturated rings. The minimum atomic E-state index is -0.822. The molecule has 0 aromatic heterocycles. The summed E-state index contributed by atoms with van der Waals surface area (Å²) < 4.78 is 5.44. The molecule has 2 aliphatic heterocycles. The summed E-state index contributed by atoms with van der Waals surface area (Å²) in [6, 6.07) is 8.28. The van der Waals surface area contributed by atoms with Crippen LogP contribution in [0.15, 0.2) is 29.2 Å². The Hall–Kier alpha value is -1.53. The lowest BCUT2D eigenvalue weighted by Crippen LogP contribution is -2.45. The summed E-state index contributed by atoms with van der Waals surface area (Å²) in [7, 11) is 0. The van der Waals surface area contributed by atoms with Crippen molar-refractivity contribution in [3.8, 4) is 0 Å². The van der Waals surface area contributed by atoms with E-state index in [1.165, 1.54) is 17.3 Å². The first-order valence-corrected chi connectivity index (χ1v) is 9.72. The molecule has 5 nitrogen and oxygen atoms in total. The van der Waals surface area contributed by atoms with E-state index in [0.29, 0.717) is 44.4 Å². The zero-order valence-electron chi connectivity index (χ0n) is 14.7. The molecular weight excluding hydrogens is 338 g/mol. The van der Waals surface area contributed by atoms with Gasteiger partial charge in [-0.25, -0.2) is 0 Å². The molecule has 2 atom stereocenters. The smallest absolute Gasteiger partial charge is 0.311 e. The summed E-state index contributed by atoms with van der Waals surface area (Å²) in [5.41, 5.74) is 0.458. The van der Waals surface area contributed by atoms with Gasteiger partial charge in [0, 0.05) is 30.5 Å². The highest BCUT2D eigenvalue weighted by Crippen LogP contribution is 2.42. The van der Waals surface area contributed by atoms with Crippen LogP contribution in [0, 0.1) is 11.3 Å². The number of hydrogen-bond acceptors (Lipinski definition) is 4. The average molecular weight is 363 g/mol. The minimum absolute atomic E-state index is 0.00737. The SMILES string of the molecule is CC(C)c1ccc(SCC(=O)N2C[C@H]3COCC[C@@]3(C(=O)O)C2)cc1. The zero-order valence-corrected chi connectivity index (χ0v) is 15.6. The first kappa shape index (κ1) is 18.3. The Morgan fingerprint density at radius 1 is 1.36 bits per heavy atom. The van der Waals surface area contributed by atoms with Crippen molar-refractivity contribution in [1.82, 2.24) is 4.90 Å². The number of carboxylic acids is 1. The van der Waals surface area contributed by atoms with Gasteiger partial charge in [-0.05, 0) is 30.0 Å². The second kappa shape index (κ2) is 7.38. The van der Waals surface area contributed by atoms with Crippen LogP contribution in [0.5, 0.6) is 0 Å². The molecule has 136 valence electrons. The van der Waals surface area contributed by atoms with E-state index >= 15 is 0 Å². The highest BCUT2D eigenvalue weighted by atomic mass is 32.2. The van der Waals surface area contributed by atoms with Crippen molar-refractivity contribution in [2.75, 3.05) is 32.1 Å². The number of nitrogens with zero attached hydrogens (tertiary/aromatic N) is 1. The zero-order chi connectivity index (χ0) is 18.0. The molecule has 1 aromatic rings. The van der Waals surface area contributed by atoms with Crippen LogP contribution in [0.3, 0.4) is 0 Å². The maximum Gasteiger partial charge on any atom is 0.311 e. The number of fused-ring (bicyclic) bond motifs is 1. The fourth-order valence-electron chi connectivity index (χ4n) is 3.67. The molecule has 25 heavy (non-hydrogen) atoms. The lowest BCUT2D eigenvalue weighted by atomic mass is 9.74. The fourth-order valence-corrected chi connectivity index (χ4v) is 4.48. The Kier molecular flexibility index (Phi) is 5.39. The second-order valence-electron chi connectivity index (χ2n) is 7.27. The summed E-state index contributed by atoms with van der Waals surface area (Å²) in [5.74, 6) is -0.0633. The topological polar surface area (TPSA) is 66.8 Å². The maximum absolute atomic E-state index is 12.6.